The Kier molecular flexibility index (Phi) is 3.76. The summed E-state index contributed by atoms with van der Waals surface area (Å²) >= 11 is 0. The zero-order valence-electron chi connectivity index (χ0n) is 11.5. The van der Waals surface area contributed by atoms with Gasteiger partial charge >= 0.3 is 0 Å². The van der Waals surface area contributed by atoms with Gasteiger partial charge in [-0.25, -0.2) is 0 Å². The van der Waals surface area contributed by atoms with E-state index in [0.717, 1.165) is 12.5 Å². The van der Waals surface area contributed by atoms with E-state index in [9.17, 15) is 4.79 Å². The van der Waals surface area contributed by atoms with Gasteiger partial charge in [0.15, 0.2) is 0 Å². The maximum absolute atomic E-state index is 12.3. The van der Waals surface area contributed by atoms with Crippen molar-refractivity contribution in [3.8, 4) is 0 Å². The lowest BCUT2D eigenvalue weighted by Gasteiger charge is -2.38. The molecule has 1 aliphatic heterocycles. The molecule has 2 unspecified atom stereocenters. The second kappa shape index (κ2) is 4.97. The summed E-state index contributed by atoms with van der Waals surface area (Å²) in [7, 11) is 0. The lowest BCUT2D eigenvalue weighted by Crippen LogP contribution is -2.51. The second-order valence-electron chi connectivity index (χ2n) is 6.59. The maximum Gasteiger partial charge on any atom is 0.236 e. The van der Waals surface area contributed by atoms with Crippen LogP contribution in [0.5, 0.6) is 0 Å². The minimum Gasteiger partial charge on any atom is -0.338 e. The van der Waals surface area contributed by atoms with Crippen LogP contribution in [0.25, 0.3) is 0 Å². The van der Waals surface area contributed by atoms with Crippen molar-refractivity contribution < 1.29 is 4.79 Å². The number of nitrogens with zero attached hydrogens (tertiary/aromatic N) is 1. The van der Waals surface area contributed by atoms with Crippen molar-refractivity contribution in [1.82, 2.24) is 10.2 Å². The fraction of sp³-hybridized carbons (Fsp3) is 0.929. The fourth-order valence-electron chi connectivity index (χ4n) is 3.21. The number of likely N-dealkylation sites (tertiary alicyclic amines) is 1. The van der Waals surface area contributed by atoms with Gasteiger partial charge < -0.3 is 10.2 Å². The number of hydrogen-bond donors (Lipinski definition) is 1. The van der Waals surface area contributed by atoms with Gasteiger partial charge in [0.1, 0.15) is 0 Å². The van der Waals surface area contributed by atoms with Gasteiger partial charge in [0.25, 0.3) is 0 Å². The number of hydrogen-bond acceptors (Lipinski definition) is 2. The minimum absolute atomic E-state index is 0.0283. The van der Waals surface area contributed by atoms with E-state index in [1.807, 2.05) is 0 Å². The summed E-state index contributed by atoms with van der Waals surface area (Å²) in [5.74, 6) is 1.10. The Morgan fingerprint density at radius 3 is 2.65 bits per heavy atom. The zero-order chi connectivity index (χ0) is 12.5. The van der Waals surface area contributed by atoms with E-state index in [2.05, 4.69) is 31.0 Å². The van der Waals surface area contributed by atoms with Gasteiger partial charge in [-0.15, -0.1) is 0 Å². The van der Waals surface area contributed by atoms with Crippen LogP contribution in [0.15, 0.2) is 0 Å². The van der Waals surface area contributed by atoms with Gasteiger partial charge in [0, 0.05) is 18.1 Å². The van der Waals surface area contributed by atoms with E-state index >= 15 is 0 Å². The van der Waals surface area contributed by atoms with Crippen LogP contribution in [-0.4, -0.2) is 35.5 Å². The highest BCUT2D eigenvalue weighted by atomic mass is 16.2. The molecule has 2 aliphatic rings. The molecule has 3 nitrogen and oxygen atoms in total. The third-order valence-corrected chi connectivity index (χ3v) is 4.08. The molecule has 2 fully saturated rings. The van der Waals surface area contributed by atoms with E-state index < -0.39 is 0 Å². The Bertz CT molecular complexity index is 282. The Labute approximate surface area is 105 Å². The molecule has 1 saturated heterocycles. The van der Waals surface area contributed by atoms with Crippen molar-refractivity contribution in [3.05, 3.63) is 0 Å². The van der Waals surface area contributed by atoms with Crippen LogP contribution < -0.4 is 5.32 Å². The maximum atomic E-state index is 12.3. The van der Waals surface area contributed by atoms with Crippen molar-refractivity contribution >= 4 is 5.91 Å². The summed E-state index contributed by atoms with van der Waals surface area (Å²) in [6.45, 7) is 7.79. The molecule has 0 aromatic heterocycles. The Morgan fingerprint density at radius 2 is 1.94 bits per heavy atom. The number of carbonyl (C=O) groups is 1. The first-order valence-electron chi connectivity index (χ1n) is 7.02. The summed E-state index contributed by atoms with van der Waals surface area (Å²) in [6.07, 6.45) is 6.41. The second-order valence-corrected chi connectivity index (χ2v) is 6.59. The molecule has 0 bridgehead atoms. The monoisotopic (exact) mass is 238 g/mol. The lowest BCUT2D eigenvalue weighted by molar-refractivity contribution is -0.135. The highest BCUT2D eigenvalue weighted by molar-refractivity contribution is 5.78. The first-order valence-corrected chi connectivity index (χ1v) is 7.02. The predicted molar refractivity (Wildman–Crippen MR) is 69.8 cm³/mol. The molecule has 1 amide bonds. The van der Waals surface area contributed by atoms with Crippen molar-refractivity contribution in [2.24, 2.45) is 5.92 Å². The average molecular weight is 238 g/mol. The van der Waals surface area contributed by atoms with Gasteiger partial charge in [-0.2, -0.15) is 0 Å². The largest absolute Gasteiger partial charge is 0.338 e. The van der Waals surface area contributed by atoms with Crippen LogP contribution in [0, 0.1) is 5.92 Å². The first kappa shape index (κ1) is 12.9. The van der Waals surface area contributed by atoms with E-state index in [-0.39, 0.29) is 5.54 Å². The SMILES string of the molecule is CC(C)(C)NCC(=O)N1CCCC2CCCC21. The summed E-state index contributed by atoms with van der Waals surface area (Å²) in [5, 5.41) is 3.31. The van der Waals surface area contributed by atoms with E-state index in [1.165, 1.54) is 32.1 Å². The normalized spacial score (nSPS) is 29.2. The van der Waals surface area contributed by atoms with Crippen LogP contribution in [-0.2, 0) is 4.79 Å². The van der Waals surface area contributed by atoms with Crippen LogP contribution in [0.4, 0.5) is 0 Å². The fourth-order valence-corrected chi connectivity index (χ4v) is 3.21. The molecule has 2 rings (SSSR count). The Morgan fingerprint density at radius 1 is 1.24 bits per heavy atom. The highest BCUT2D eigenvalue weighted by Gasteiger charge is 2.37. The molecule has 0 aromatic carbocycles. The molecule has 1 N–H and O–H groups in total. The predicted octanol–water partition coefficient (Wildman–Crippen LogP) is 2.17. The topological polar surface area (TPSA) is 32.3 Å². The van der Waals surface area contributed by atoms with Crippen molar-refractivity contribution in [2.75, 3.05) is 13.1 Å². The molecule has 17 heavy (non-hydrogen) atoms. The molecule has 1 heterocycles. The van der Waals surface area contributed by atoms with E-state index in [1.54, 1.807) is 0 Å². The first-order chi connectivity index (χ1) is 7.97. The summed E-state index contributed by atoms with van der Waals surface area (Å²) < 4.78 is 0. The van der Waals surface area contributed by atoms with Crippen LogP contribution >= 0.6 is 0 Å². The van der Waals surface area contributed by atoms with E-state index in [4.69, 9.17) is 0 Å². The van der Waals surface area contributed by atoms with Crippen LogP contribution in [0.1, 0.15) is 52.9 Å². The standard InChI is InChI=1S/C14H26N2O/c1-14(2,3)15-10-13(17)16-9-5-7-11-6-4-8-12(11)16/h11-12,15H,4-10H2,1-3H3. The molecule has 2 atom stereocenters. The van der Waals surface area contributed by atoms with Gasteiger partial charge in [0.05, 0.1) is 6.54 Å². The highest BCUT2D eigenvalue weighted by Crippen LogP contribution is 2.36. The summed E-state index contributed by atoms with van der Waals surface area (Å²) in [5.41, 5.74) is 0.0283. The molecule has 0 spiro atoms. The molecular weight excluding hydrogens is 212 g/mol. The lowest BCUT2D eigenvalue weighted by atomic mass is 9.92. The van der Waals surface area contributed by atoms with Crippen molar-refractivity contribution in [2.45, 2.75) is 64.5 Å². The van der Waals surface area contributed by atoms with Crippen molar-refractivity contribution in [1.29, 1.82) is 0 Å². The molecule has 1 aliphatic carbocycles. The van der Waals surface area contributed by atoms with Crippen molar-refractivity contribution in [3.63, 3.8) is 0 Å². The average Bonchev–Trinajstić information content (AvgIpc) is 2.72. The molecule has 98 valence electrons. The molecular formula is C14H26N2O. The third-order valence-electron chi connectivity index (χ3n) is 4.08. The minimum atomic E-state index is 0.0283. The quantitative estimate of drug-likeness (QED) is 0.799. The van der Waals surface area contributed by atoms with Gasteiger partial charge in [-0.05, 0) is 52.4 Å². The van der Waals surface area contributed by atoms with Gasteiger partial charge in [-0.3, -0.25) is 4.79 Å². The molecule has 3 heteroatoms. The Balaban J connectivity index is 1.90. The van der Waals surface area contributed by atoms with E-state index in [0.29, 0.717) is 18.5 Å². The number of piperidine rings is 1. The van der Waals surface area contributed by atoms with Crippen LogP contribution in [0.3, 0.4) is 0 Å². The van der Waals surface area contributed by atoms with Gasteiger partial charge in [-0.1, -0.05) is 6.42 Å². The summed E-state index contributed by atoms with van der Waals surface area (Å²) in [6, 6.07) is 0.554. The summed E-state index contributed by atoms with van der Waals surface area (Å²) in [4.78, 5) is 14.4. The number of carbonyl (C=O) groups excluding carboxylic acids is 1. The van der Waals surface area contributed by atoms with Gasteiger partial charge in [0.2, 0.25) is 5.91 Å². The van der Waals surface area contributed by atoms with Crippen LogP contribution in [0.2, 0.25) is 0 Å². The molecule has 0 aromatic rings. The molecule has 0 radical (unpaired) electrons. The smallest absolute Gasteiger partial charge is 0.236 e. The third kappa shape index (κ3) is 3.21. The number of nitrogens with one attached hydrogen (secondary N) is 1. The number of rotatable bonds is 2. The number of amides is 1. The zero-order valence-corrected chi connectivity index (χ0v) is 11.5. The molecule has 1 saturated carbocycles. The number of fused-ring (bicyclic) bond motifs is 1. The Hall–Kier alpha value is -0.570.